The number of nitrogens with two attached hydrogens (primary N) is 1. The number of para-hydroxylation sites is 1. The molecule has 1 fully saturated rings. The number of rotatable bonds is 5. The first-order valence-corrected chi connectivity index (χ1v) is 11.2. The maximum Gasteiger partial charge on any atom is 0.246 e. The number of carbonyl (C=O) groups excluding carboxylic acids is 1. The molecule has 1 aliphatic rings. The predicted molar refractivity (Wildman–Crippen MR) is 129 cm³/mol. The molecule has 1 aliphatic heterocycles. The van der Waals surface area contributed by atoms with Crippen LogP contribution in [0.3, 0.4) is 0 Å². The lowest BCUT2D eigenvalue weighted by molar-refractivity contribution is -0.127. The second kappa shape index (κ2) is 9.17. The van der Waals surface area contributed by atoms with E-state index in [9.17, 15) is 13.6 Å². The highest BCUT2D eigenvalue weighted by molar-refractivity contribution is 6.02. The molecule has 5 rings (SSSR count). The Hall–Kier alpha value is -4.27. The molecule has 0 spiro atoms. The predicted octanol–water partition coefficient (Wildman–Crippen LogP) is 5.10. The highest BCUT2D eigenvalue weighted by Gasteiger charge is 2.26. The van der Waals surface area contributed by atoms with Crippen molar-refractivity contribution >= 4 is 22.6 Å². The Morgan fingerprint density at radius 3 is 2.63 bits per heavy atom. The molecular formula is C26H23F2N5O2. The second-order valence-electron chi connectivity index (χ2n) is 8.40. The molecule has 35 heavy (non-hydrogen) atoms. The van der Waals surface area contributed by atoms with E-state index in [2.05, 4.69) is 21.3 Å². The van der Waals surface area contributed by atoms with Crippen LogP contribution < -0.4 is 10.5 Å². The summed E-state index contributed by atoms with van der Waals surface area (Å²) in [5.41, 5.74) is 8.71. The molecule has 178 valence electrons. The van der Waals surface area contributed by atoms with Crippen LogP contribution >= 0.6 is 0 Å². The number of hydrogen-bond acceptors (Lipinski definition) is 5. The van der Waals surface area contributed by atoms with Crippen LogP contribution in [-0.4, -0.2) is 38.7 Å². The van der Waals surface area contributed by atoms with Crippen LogP contribution in [0.4, 0.5) is 14.6 Å². The number of carbonyl (C=O) groups is 1. The van der Waals surface area contributed by atoms with Crippen LogP contribution in [-0.2, 0) is 4.79 Å². The maximum absolute atomic E-state index is 14.0. The summed E-state index contributed by atoms with van der Waals surface area (Å²) >= 11 is 0. The third-order valence-corrected chi connectivity index (χ3v) is 6.25. The third-order valence-electron chi connectivity index (χ3n) is 6.25. The van der Waals surface area contributed by atoms with Crippen molar-refractivity contribution in [2.75, 3.05) is 18.8 Å². The van der Waals surface area contributed by atoms with E-state index in [4.69, 9.17) is 10.5 Å². The standard InChI is InChI=1S/C26H23F2N5O2/c1-2-23(34)32-12-4-5-17(14-32)33-15-19(24-22(33)13-30-31-26(24)29)16-8-10-18(11-9-16)35-25-20(27)6-3-7-21(25)28/h2-3,6-11,13,15,17H,1,4-5,12,14H2,(H2,29,31)/t17-/m1/s1. The van der Waals surface area contributed by atoms with E-state index in [0.717, 1.165) is 47.0 Å². The molecule has 2 aromatic heterocycles. The van der Waals surface area contributed by atoms with Crippen molar-refractivity contribution in [3.63, 3.8) is 0 Å². The van der Waals surface area contributed by atoms with Gasteiger partial charge in [0.15, 0.2) is 23.2 Å². The molecular weight excluding hydrogens is 452 g/mol. The quantitative estimate of drug-likeness (QED) is 0.406. The molecule has 2 aromatic carbocycles. The van der Waals surface area contributed by atoms with Gasteiger partial charge in [0, 0.05) is 24.8 Å². The number of likely N-dealkylation sites (tertiary alicyclic amines) is 1. The summed E-state index contributed by atoms with van der Waals surface area (Å²) in [7, 11) is 0. The van der Waals surface area contributed by atoms with Crippen molar-refractivity contribution in [3.05, 3.63) is 79.1 Å². The molecule has 9 heteroatoms. The topological polar surface area (TPSA) is 86.3 Å². The average Bonchev–Trinajstić information content (AvgIpc) is 3.27. The van der Waals surface area contributed by atoms with E-state index < -0.39 is 17.4 Å². The summed E-state index contributed by atoms with van der Waals surface area (Å²) in [4.78, 5) is 14.0. The van der Waals surface area contributed by atoms with Crippen molar-refractivity contribution in [1.82, 2.24) is 19.7 Å². The molecule has 7 nitrogen and oxygen atoms in total. The van der Waals surface area contributed by atoms with Gasteiger partial charge in [-0.25, -0.2) is 8.78 Å². The van der Waals surface area contributed by atoms with Gasteiger partial charge in [0.25, 0.3) is 0 Å². The fourth-order valence-electron chi connectivity index (χ4n) is 4.57. The number of ether oxygens (including phenoxy) is 1. The molecule has 0 radical (unpaired) electrons. The zero-order valence-electron chi connectivity index (χ0n) is 18.8. The van der Waals surface area contributed by atoms with Gasteiger partial charge in [0.2, 0.25) is 5.91 Å². The normalized spacial score (nSPS) is 15.8. The van der Waals surface area contributed by atoms with Gasteiger partial charge in [-0.1, -0.05) is 24.8 Å². The van der Waals surface area contributed by atoms with Gasteiger partial charge < -0.3 is 19.9 Å². The maximum atomic E-state index is 14.0. The minimum Gasteiger partial charge on any atom is -0.451 e. The van der Waals surface area contributed by atoms with E-state index in [-0.39, 0.29) is 11.9 Å². The Bertz CT molecular complexity index is 1400. The van der Waals surface area contributed by atoms with E-state index in [1.807, 2.05) is 6.20 Å². The van der Waals surface area contributed by atoms with Crippen molar-refractivity contribution in [2.24, 2.45) is 0 Å². The molecule has 0 unspecified atom stereocenters. The van der Waals surface area contributed by atoms with Gasteiger partial charge >= 0.3 is 0 Å². The van der Waals surface area contributed by atoms with Crippen LogP contribution in [0.1, 0.15) is 18.9 Å². The monoisotopic (exact) mass is 475 g/mol. The number of halogens is 2. The van der Waals surface area contributed by atoms with Gasteiger partial charge in [0.05, 0.1) is 23.1 Å². The molecule has 0 aliphatic carbocycles. The molecule has 1 atom stereocenters. The van der Waals surface area contributed by atoms with Gasteiger partial charge in [-0.3, -0.25) is 4.79 Å². The van der Waals surface area contributed by atoms with Crippen LogP contribution in [0.5, 0.6) is 11.5 Å². The Morgan fingerprint density at radius 1 is 1.17 bits per heavy atom. The van der Waals surface area contributed by atoms with Crippen LogP contribution in [0.25, 0.3) is 22.0 Å². The number of piperidine rings is 1. The number of benzene rings is 2. The van der Waals surface area contributed by atoms with Gasteiger partial charge in [0.1, 0.15) is 5.75 Å². The van der Waals surface area contributed by atoms with E-state index in [0.29, 0.717) is 24.7 Å². The highest BCUT2D eigenvalue weighted by Crippen LogP contribution is 2.38. The molecule has 0 saturated carbocycles. The number of hydrogen-bond donors (Lipinski definition) is 1. The molecule has 4 aromatic rings. The first kappa shape index (κ1) is 22.5. The zero-order valence-corrected chi connectivity index (χ0v) is 18.8. The zero-order chi connectivity index (χ0) is 24.5. The van der Waals surface area contributed by atoms with Gasteiger partial charge in [-0.15, -0.1) is 5.10 Å². The summed E-state index contributed by atoms with van der Waals surface area (Å²) in [5, 5.41) is 8.82. The molecule has 3 heterocycles. The number of aromatic nitrogens is 3. The Labute approximate surface area is 200 Å². The van der Waals surface area contributed by atoms with Crippen molar-refractivity contribution in [2.45, 2.75) is 18.9 Å². The summed E-state index contributed by atoms with van der Waals surface area (Å²) < 4.78 is 35.4. The molecule has 1 saturated heterocycles. The average molecular weight is 475 g/mol. The van der Waals surface area contributed by atoms with E-state index in [1.165, 1.54) is 12.1 Å². The van der Waals surface area contributed by atoms with Gasteiger partial charge in [-0.2, -0.15) is 5.10 Å². The SMILES string of the molecule is C=CC(=O)N1CCC[C@@H](n2cc(-c3ccc(Oc4c(F)cccc4F)cc3)c3c(N)nncc32)C1. The first-order chi connectivity index (χ1) is 17.0. The van der Waals surface area contributed by atoms with Crippen molar-refractivity contribution < 1.29 is 18.3 Å². The summed E-state index contributed by atoms with van der Waals surface area (Å²) in [6.07, 6.45) is 6.76. The summed E-state index contributed by atoms with van der Waals surface area (Å²) in [5.74, 6) is -1.51. The van der Waals surface area contributed by atoms with Crippen molar-refractivity contribution in [3.8, 4) is 22.6 Å². The van der Waals surface area contributed by atoms with E-state index >= 15 is 0 Å². The second-order valence-corrected chi connectivity index (χ2v) is 8.40. The van der Waals surface area contributed by atoms with Crippen molar-refractivity contribution in [1.29, 1.82) is 0 Å². The Morgan fingerprint density at radius 2 is 1.91 bits per heavy atom. The summed E-state index contributed by atoms with van der Waals surface area (Å²) in [6, 6.07) is 10.5. The largest absolute Gasteiger partial charge is 0.451 e. The number of fused-ring (bicyclic) bond motifs is 1. The summed E-state index contributed by atoms with van der Waals surface area (Å²) in [6.45, 7) is 4.84. The van der Waals surface area contributed by atoms with E-state index in [1.54, 1.807) is 35.4 Å². The number of nitrogen functional groups attached to an aromatic ring is 1. The van der Waals surface area contributed by atoms with Crippen LogP contribution in [0.2, 0.25) is 0 Å². The Kier molecular flexibility index (Phi) is 5.90. The number of anilines is 1. The molecule has 0 bridgehead atoms. The van der Waals surface area contributed by atoms with Crippen LogP contribution in [0, 0.1) is 11.6 Å². The van der Waals surface area contributed by atoms with Gasteiger partial charge in [-0.05, 0) is 48.7 Å². The lowest BCUT2D eigenvalue weighted by Gasteiger charge is -2.33. The minimum atomic E-state index is -0.778. The molecule has 1 amide bonds. The first-order valence-electron chi connectivity index (χ1n) is 11.2. The third kappa shape index (κ3) is 4.21. The lowest BCUT2D eigenvalue weighted by Crippen LogP contribution is -2.39. The smallest absolute Gasteiger partial charge is 0.246 e. The number of amides is 1. The fraction of sp³-hybridized carbons (Fsp3) is 0.192. The fourth-order valence-corrected chi connectivity index (χ4v) is 4.57. The minimum absolute atomic E-state index is 0.0409. The lowest BCUT2D eigenvalue weighted by atomic mass is 10.1. The van der Waals surface area contributed by atoms with Crippen LogP contribution in [0.15, 0.2) is 67.5 Å². The number of nitrogens with zero attached hydrogens (tertiary/aromatic N) is 4. The Balaban J connectivity index is 1.50. The highest BCUT2D eigenvalue weighted by atomic mass is 19.1. The molecule has 2 N–H and O–H groups in total.